The summed E-state index contributed by atoms with van der Waals surface area (Å²) in [5.74, 6) is -3.37. The lowest BCUT2D eigenvalue weighted by Gasteiger charge is -2.16. The van der Waals surface area contributed by atoms with Gasteiger partial charge in [-0.25, -0.2) is 0 Å². The van der Waals surface area contributed by atoms with Gasteiger partial charge in [0.25, 0.3) is 5.92 Å². The van der Waals surface area contributed by atoms with Crippen molar-refractivity contribution in [3.63, 3.8) is 0 Å². The summed E-state index contributed by atoms with van der Waals surface area (Å²) < 4.78 is 31.4. The van der Waals surface area contributed by atoms with E-state index >= 15 is 0 Å². The zero-order valence-electron chi connectivity index (χ0n) is 7.93. The number of hydrogen-bond donors (Lipinski definition) is 2. The first-order chi connectivity index (χ1) is 6.92. The zero-order chi connectivity index (χ0) is 11.6. The second-order valence-electron chi connectivity index (χ2n) is 2.92. The Balaban J connectivity index is 3.28. The van der Waals surface area contributed by atoms with Gasteiger partial charge in [-0.2, -0.15) is 8.78 Å². The third-order valence-electron chi connectivity index (χ3n) is 1.93. The Morgan fingerprint density at radius 3 is 2.60 bits per heavy atom. The average Bonchev–Trinajstić information content (AvgIpc) is 2.21. The number of methoxy groups -OCH3 is 1. The molecule has 0 unspecified atom stereocenters. The van der Waals surface area contributed by atoms with Crippen LogP contribution in [0.3, 0.4) is 0 Å². The summed E-state index contributed by atoms with van der Waals surface area (Å²) in [6.45, 7) is -0.798. The second kappa shape index (κ2) is 4.32. The average molecular weight is 282 g/mol. The van der Waals surface area contributed by atoms with Crippen LogP contribution in [0.25, 0.3) is 0 Å². The van der Waals surface area contributed by atoms with E-state index in [0.717, 1.165) is 12.1 Å². The second-order valence-corrected chi connectivity index (χ2v) is 3.77. The summed E-state index contributed by atoms with van der Waals surface area (Å²) in [5.41, 5.74) is 4.65. The van der Waals surface area contributed by atoms with Gasteiger partial charge in [-0.05, 0) is 28.1 Å². The Morgan fingerprint density at radius 1 is 1.53 bits per heavy atom. The van der Waals surface area contributed by atoms with Gasteiger partial charge in [0.05, 0.1) is 18.1 Å². The number of phenolic OH excluding ortho intramolecular Hbond substituents is 1. The van der Waals surface area contributed by atoms with Crippen molar-refractivity contribution in [3.8, 4) is 11.5 Å². The van der Waals surface area contributed by atoms with E-state index in [1.54, 1.807) is 0 Å². The topological polar surface area (TPSA) is 55.5 Å². The number of benzene rings is 1. The third-order valence-corrected chi connectivity index (χ3v) is 2.53. The molecule has 6 heteroatoms. The third kappa shape index (κ3) is 2.38. The van der Waals surface area contributed by atoms with Crippen LogP contribution in [-0.4, -0.2) is 18.8 Å². The summed E-state index contributed by atoms with van der Waals surface area (Å²) >= 11 is 2.96. The van der Waals surface area contributed by atoms with E-state index < -0.39 is 12.5 Å². The first-order valence-electron chi connectivity index (χ1n) is 4.07. The molecule has 15 heavy (non-hydrogen) atoms. The maximum atomic E-state index is 13.2. The Labute approximate surface area is 94.0 Å². The van der Waals surface area contributed by atoms with E-state index in [1.165, 1.54) is 7.11 Å². The van der Waals surface area contributed by atoms with Crippen molar-refractivity contribution in [2.24, 2.45) is 5.73 Å². The Hall–Kier alpha value is -0.880. The molecule has 0 atom stereocenters. The van der Waals surface area contributed by atoms with Crippen LogP contribution in [0.1, 0.15) is 5.56 Å². The normalized spacial score (nSPS) is 11.5. The lowest BCUT2D eigenvalue weighted by Crippen LogP contribution is -2.25. The predicted molar refractivity (Wildman–Crippen MR) is 55.3 cm³/mol. The van der Waals surface area contributed by atoms with Crippen molar-refractivity contribution in [2.45, 2.75) is 5.92 Å². The number of phenols is 1. The van der Waals surface area contributed by atoms with Crippen molar-refractivity contribution < 1.29 is 18.6 Å². The molecule has 3 N–H and O–H groups in total. The quantitative estimate of drug-likeness (QED) is 0.893. The minimum absolute atomic E-state index is 0.0208. The smallest absolute Gasteiger partial charge is 0.285 e. The molecular weight excluding hydrogens is 272 g/mol. The van der Waals surface area contributed by atoms with Gasteiger partial charge in [0, 0.05) is 5.56 Å². The molecule has 84 valence electrons. The van der Waals surface area contributed by atoms with Crippen LogP contribution < -0.4 is 10.5 Å². The lowest BCUT2D eigenvalue weighted by atomic mass is 10.1. The molecule has 0 amide bonds. The number of nitrogens with two attached hydrogens (primary N) is 1. The van der Waals surface area contributed by atoms with Crippen molar-refractivity contribution in [1.29, 1.82) is 0 Å². The molecule has 0 bridgehead atoms. The monoisotopic (exact) mass is 281 g/mol. The highest BCUT2D eigenvalue weighted by molar-refractivity contribution is 9.10. The molecule has 0 saturated carbocycles. The highest BCUT2D eigenvalue weighted by Gasteiger charge is 2.31. The molecule has 1 aromatic rings. The summed E-state index contributed by atoms with van der Waals surface area (Å²) in [4.78, 5) is 0. The first-order valence-corrected chi connectivity index (χ1v) is 4.86. The first kappa shape index (κ1) is 12.2. The van der Waals surface area contributed by atoms with Crippen molar-refractivity contribution in [2.75, 3.05) is 13.7 Å². The molecule has 0 fully saturated rings. The molecule has 0 aliphatic rings. The molecule has 3 nitrogen and oxygen atoms in total. The fourth-order valence-corrected chi connectivity index (χ4v) is 1.50. The van der Waals surface area contributed by atoms with Gasteiger partial charge in [-0.3, -0.25) is 0 Å². The van der Waals surface area contributed by atoms with Crippen LogP contribution in [0.4, 0.5) is 8.78 Å². The maximum Gasteiger partial charge on any atom is 0.285 e. The van der Waals surface area contributed by atoms with E-state index in [9.17, 15) is 13.9 Å². The van der Waals surface area contributed by atoms with Gasteiger partial charge in [0.1, 0.15) is 0 Å². The SMILES string of the molecule is COc1cc(C(F)(F)CN)cc(Br)c1O. The Kier molecular flexibility index (Phi) is 3.51. The van der Waals surface area contributed by atoms with Gasteiger partial charge >= 0.3 is 0 Å². The van der Waals surface area contributed by atoms with Crippen LogP contribution >= 0.6 is 15.9 Å². The minimum atomic E-state index is -3.14. The number of alkyl halides is 2. The van der Waals surface area contributed by atoms with E-state index in [1.807, 2.05) is 0 Å². The molecule has 1 rings (SSSR count). The van der Waals surface area contributed by atoms with Gasteiger partial charge in [0.2, 0.25) is 0 Å². The van der Waals surface area contributed by atoms with Gasteiger partial charge in [0.15, 0.2) is 11.5 Å². The zero-order valence-corrected chi connectivity index (χ0v) is 9.51. The fourth-order valence-electron chi connectivity index (χ4n) is 1.06. The molecule has 0 heterocycles. The van der Waals surface area contributed by atoms with E-state index in [2.05, 4.69) is 15.9 Å². The van der Waals surface area contributed by atoms with Crippen LogP contribution in [0.5, 0.6) is 11.5 Å². The molecule has 0 spiro atoms. The maximum absolute atomic E-state index is 13.2. The van der Waals surface area contributed by atoms with Gasteiger partial charge in [-0.15, -0.1) is 0 Å². The van der Waals surface area contributed by atoms with E-state index in [0.29, 0.717) is 0 Å². The van der Waals surface area contributed by atoms with Crippen LogP contribution in [0.2, 0.25) is 0 Å². The number of rotatable bonds is 3. The molecule has 0 saturated heterocycles. The Bertz CT molecular complexity index is 371. The highest BCUT2D eigenvalue weighted by Crippen LogP contribution is 2.39. The number of ether oxygens (including phenoxy) is 1. The van der Waals surface area contributed by atoms with Crippen LogP contribution in [0, 0.1) is 0 Å². The molecule has 0 aromatic heterocycles. The Morgan fingerprint density at radius 2 is 2.13 bits per heavy atom. The van der Waals surface area contributed by atoms with Crippen molar-refractivity contribution in [1.82, 2.24) is 0 Å². The number of aromatic hydroxyl groups is 1. The molecule has 1 aromatic carbocycles. The van der Waals surface area contributed by atoms with Crippen molar-refractivity contribution >= 4 is 15.9 Å². The summed E-state index contributed by atoms with van der Waals surface area (Å²) in [7, 11) is 1.28. The predicted octanol–water partition coefficient (Wildman–Crippen LogP) is 2.21. The van der Waals surface area contributed by atoms with Crippen LogP contribution in [0.15, 0.2) is 16.6 Å². The summed E-state index contributed by atoms with van der Waals surface area (Å²) in [5, 5.41) is 9.41. The molecule has 0 aliphatic carbocycles. The number of hydrogen-bond acceptors (Lipinski definition) is 3. The molecule has 0 radical (unpaired) electrons. The van der Waals surface area contributed by atoms with E-state index in [4.69, 9.17) is 10.5 Å². The molecule has 0 aliphatic heterocycles. The van der Waals surface area contributed by atoms with E-state index in [-0.39, 0.29) is 21.5 Å². The largest absolute Gasteiger partial charge is 0.503 e. The summed E-state index contributed by atoms with van der Waals surface area (Å²) in [6, 6.07) is 2.18. The minimum Gasteiger partial charge on any atom is -0.503 e. The summed E-state index contributed by atoms with van der Waals surface area (Å²) in [6.07, 6.45) is 0. The van der Waals surface area contributed by atoms with Gasteiger partial charge in [-0.1, -0.05) is 0 Å². The number of halogens is 3. The highest BCUT2D eigenvalue weighted by atomic mass is 79.9. The van der Waals surface area contributed by atoms with Crippen molar-refractivity contribution in [3.05, 3.63) is 22.2 Å². The fraction of sp³-hybridized carbons (Fsp3) is 0.333. The van der Waals surface area contributed by atoms with Gasteiger partial charge < -0.3 is 15.6 Å². The standard InChI is InChI=1S/C9H10BrF2NO2/c1-15-7-3-5(9(11,12)4-13)2-6(10)8(7)14/h2-3,14H,4,13H2,1H3. The molecular formula is C9H10BrF2NO2. The van der Waals surface area contributed by atoms with Crippen LogP contribution in [-0.2, 0) is 5.92 Å². The lowest BCUT2D eigenvalue weighted by molar-refractivity contribution is 0.00565.